The Morgan fingerprint density at radius 2 is 1.43 bits per heavy atom. The predicted octanol–water partition coefficient (Wildman–Crippen LogP) is 4.76. The van der Waals surface area contributed by atoms with Gasteiger partial charge in [-0.2, -0.15) is 0 Å². The molecule has 1 amide bonds. The van der Waals surface area contributed by atoms with E-state index in [0.29, 0.717) is 27.2 Å². The van der Waals surface area contributed by atoms with Gasteiger partial charge in [-0.1, -0.05) is 35.3 Å². The van der Waals surface area contributed by atoms with Crippen molar-refractivity contribution in [1.29, 1.82) is 0 Å². The molecule has 0 N–H and O–H groups in total. The minimum Gasteiger partial charge on any atom is -0.268 e. The normalized spacial score (nSPS) is 10.3. The minimum absolute atomic E-state index is 0.291. The summed E-state index contributed by atoms with van der Waals surface area (Å²) >= 11 is 11.9. The first kappa shape index (κ1) is 15.5. The summed E-state index contributed by atoms with van der Waals surface area (Å²) in [5.41, 5.74) is 0.399. The van der Waals surface area contributed by atoms with E-state index < -0.39 is 0 Å². The highest BCUT2D eigenvalue weighted by Crippen LogP contribution is 2.27. The first-order valence-electron chi connectivity index (χ1n) is 6.78. The molecule has 6 heteroatoms. The van der Waals surface area contributed by atoms with Gasteiger partial charge in [-0.15, -0.1) is 0 Å². The van der Waals surface area contributed by atoms with E-state index in [2.05, 4.69) is 9.97 Å². The molecule has 0 saturated heterocycles. The molecule has 114 valence electrons. The van der Waals surface area contributed by atoms with Crippen molar-refractivity contribution in [3.05, 3.63) is 82.6 Å². The zero-order valence-electron chi connectivity index (χ0n) is 11.9. The second-order valence-electron chi connectivity index (χ2n) is 4.65. The van der Waals surface area contributed by atoms with Gasteiger partial charge < -0.3 is 0 Å². The Morgan fingerprint density at radius 3 is 1.91 bits per heavy atom. The van der Waals surface area contributed by atoms with Crippen molar-refractivity contribution < 1.29 is 4.79 Å². The molecule has 0 spiro atoms. The first-order chi connectivity index (χ1) is 11.2. The molecular weight excluding hydrogens is 333 g/mol. The summed E-state index contributed by atoms with van der Waals surface area (Å²) in [6.07, 6.45) is 3.24. The van der Waals surface area contributed by atoms with Crippen molar-refractivity contribution >= 4 is 40.7 Å². The number of hydrogen-bond donors (Lipinski definition) is 0. The lowest BCUT2D eigenvalue weighted by Crippen LogP contribution is -2.27. The molecule has 0 aliphatic heterocycles. The molecular formula is C17H11Cl2N3O. The van der Waals surface area contributed by atoms with Crippen LogP contribution in [0.1, 0.15) is 10.4 Å². The fourth-order valence-electron chi connectivity index (χ4n) is 2.06. The van der Waals surface area contributed by atoms with E-state index in [1.807, 2.05) is 0 Å². The van der Waals surface area contributed by atoms with Crippen LogP contribution in [-0.4, -0.2) is 15.9 Å². The van der Waals surface area contributed by atoms with Crippen LogP contribution in [0.5, 0.6) is 0 Å². The number of nitrogens with zero attached hydrogens (tertiary/aromatic N) is 3. The highest BCUT2D eigenvalue weighted by Gasteiger charge is 2.22. The van der Waals surface area contributed by atoms with E-state index in [1.165, 1.54) is 11.0 Å². The predicted molar refractivity (Wildman–Crippen MR) is 91.4 cm³/mol. The third-order valence-corrected chi connectivity index (χ3v) is 3.87. The van der Waals surface area contributed by atoms with Crippen molar-refractivity contribution in [2.45, 2.75) is 0 Å². The molecule has 0 fully saturated rings. The van der Waals surface area contributed by atoms with E-state index in [-0.39, 0.29) is 5.91 Å². The molecule has 4 nitrogen and oxygen atoms in total. The van der Waals surface area contributed by atoms with Gasteiger partial charge in [-0.3, -0.25) is 4.79 Å². The highest BCUT2D eigenvalue weighted by molar-refractivity contribution is 6.42. The third kappa shape index (κ3) is 3.33. The van der Waals surface area contributed by atoms with Crippen molar-refractivity contribution in [3.8, 4) is 0 Å². The number of halogens is 2. The quantitative estimate of drug-likeness (QED) is 0.688. The Hall–Kier alpha value is -2.43. The zero-order chi connectivity index (χ0) is 16.2. The number of carbonyl (C=O) groups is 1. The number of hydrogen-bond acceptors (Lipinski definition) is 3. The van der Waals surface area contributed by atoms with Gasteiger partial charge in [0, 0.05) is 18.0 Å². The SMILES string of the molecule is O=C(c1ccc(Cl)c(Cl)c1)N(c1ccccn1)c1ccccn1. The van der Waals surface area contributed by atoms with E-state index in [4.69, 9.17) is 23.2 Å². The van der Waals surface area contributed by atoms with E-state index >= 15 is 0 Å². The summed E-state index contributed by atoms with van der Waals surface area (Å²) in [4.78, 5) is 22.9. The molecule has 3 rings (SSSR count). The summed E-state index contributed by atoms with van der Waals surface area (Å²) < 4.78 is 0. The number of aromatic nitrogens is 2. The lowest BCUT2D eigenvalue weighted by molar-refractivity contribution is 0.0998. The maximum atomic E-state index is 13.0. The smallest absolute Gasteiger partial charge is 0.265 e. The summed E-state index contributed by atoms with van der Waals surface area (Å²) in [6.45, 7) is 0. The maximum absolute atomic E-state index is 13.0. The third-order valence-electron chi connectivity index (χ3n) is 3.13. The molecule has 0 saturated carbocycles. The molecule has 0 radical (unpaired) electrons. The molecule has 0 atom stereocenters. The second-order valence-corrected chi connectivity index (χ2v) is 5.46. The average Bonchev–Trinajstić information content (AvgIpc) is 2.59. The van der Waals surface area contributed by atoms with Crippen LogP contribution in [0.2, 0.25) is 10.0 Å². The Kier molecular flexibility index (Phi) is 4.55. The van der Waals surface area contributed by atoms with Gasteiger partial charge in [0.15, 0.2) is 0 Å². The van der Waals surface area contributed by atoms with Crippen LogP contribution >= 0.6 is 23.2 Å². The van der Waals surface area contributed by atoms with Crippen LogP contribution in [0.4, 0.5) is 11.6 Å². The maximum Gasteiger partial charge on any atom is 0.265 e. The molecule has 0 unspecified atom stereocenters. The molecule has 1 aromatic carbocycles. The average molecular weight is 344 g/mol. The summed E-state index contributed by atoms with van der Waals surface area (Å²) in [7, 11) is 0. The van der Waals surface area contributed by atoms with Gasteiger partial charge in [0.2, 0.25) is 0 Å². The topological polar surface area (TPSA) is 46.1 Å². The standard InChI is InChI=1S/C17H11Cl2N3O/c18-13-8-7-12(11-14(13)19)17(23)22(15-5-1-3-9-20-15)16-6-2-4-10-21-16/h1-11H. The van der Waals surface area contributed by atoms with Gasteiger partial charge >= 0.3 is 0 Å². The van der Waals surface area contributed by atoms with Crippen LogP contribution in [0.3, 0.4) is 0 Å². The Bertz CT molecular complexity index is 786. The van der Waals surface area contributed by atoms with Gasteiger partial charge in [-0.05, 0) is 42.5 Å². The Labute approximate surface area is 143 Å². The summed E-state index contributed by atoms with van der Waals surface area (Å²) in [5, 5.41) is 0.713. The van der Waals surface area contributed by atoms with Crippen molar-refractivity contribution in [2.24, 2.45) is 0 Å². The van der Waals surface area contributed by atoms with Crippen LogP contribution in [0.15, 0.2) is 67.0 Å². The Balaban J connectivity index is 2.08. The van der Waals surface area contributed by atoms with Crippen LogP contribution in [-0.2, 0) is 0 Å². The number of anilines is 2. The van der Waals surface area contributed by atoms with E-state index in [1.54, 1.807) is 60.9 Å². The lowest BCUT2D eigenvalue weighted by Gasteiger charge is -2.20. The molecule has 0 aliphatic carbocycles. The van der Waals surface area contributed by atoms with Crippen LogP contribution in [0, 0.1) is 0 Å². The highest BCUT2D eigenvalue weighted by atomic mass is 35.5. The molecule has 0 bridgehead atoms. The van der Waals surface area contributed by atoms with Crippen LogP contribution < -0.4 is 4.90 Å². The van der Waals surface area contributed by atoms with E-state index in [9.17, 15) is 4.79 Å². The first-order valence-corrected chi connectivity index (χ1v) is 7.54. The summed E-state index contributed by atoms with van der Waals surface area (Å²) in [5.74, 6) is 0.658. The van der Waals surface area contributed by atoms with Gasteiger partial charge in [0.1, 0.15) is 11.6 Å². The van der Waals surface area contributed by atoms with Crippen molar-refractivity contribution in [2.75, 3.05) is 4.90 Å². The second kappa shape index (κ2) is 6.77. The number of carbonyl (C=O) groups excluding carboxylic acids is 1. The minimum atomic E-state index is -0.291. The van der Waals surface area contributed by atoms with Gasteiger partial charge in [-0.25, -0.2) is 14.9 Å². The number of benzene rings is 1. The molecule has 2 heterocycles. The number of rotatable bonds is 3. The van der Waals surface area contributed by atoms with Crippen LogP contribution in [0.25, 0.3) is 0 Å². The fourth-order valence-corrected chi connectivity index (χ4v) is 2.35. The zero-order valence-corrected chi connectivity index (χ0v) is 13.4. The number of amides is 1. The monoisotopic (exact) mass is 343 g/mol. The van der Waals surface area contributed by atoms with E-state index in [0.717, 1.165) is 0 Å². The molecule has 23 heavy (non-hydrogen) atoms. The Morgan fingerprint density at radius 1 is 0.826 bits per heavy atom. The largest absolute Gasteiger partial charge is 0.268 e. The molecule has 0 aliphatic rings. The molecule has 2 aromatic heterocycles. The van der Waals surface area contributed by atoms with Gasteiger partial charge in [0.25, 0.3) is 5.91 Å². The number of pyridine rings is 2. The summed E-state index contributed by atoms with van der Waals surface area (Å²) in [6, 6.07) is 15.4. The lowest BCUT2D eigenvalue weighted by atomic mass is 10.2. The van der Waals surface area contributed by atoms with Crippen molar-refractivity contribution in [1.82, 2.24) is 9.97 Å². The fraction of sp³-hybridized carbons (Fsp3) is 0. The van der Waals surface area contributed by atoms with Gasteiger partial charge in [0.05, 0.1) is 10.0 Å². The molecule has 3 aromatic rings. The van der Waals surface area contributed by atoms with Crippen molar-refractivity contribution in [3.63, 3.8) is 0 Å².